The molecule has 5 rings (SSSR count). The molecule has 0 saturated carbocycles. The number of nitrogens with zero attached hydrogens (tertiary/aromatic N) is 1. The first-order chi connectivity index (χ1) is 20.9. The summed E-state index contributed by atoms with van der Waals surface area (Å²) in [5.41, 5.74) is 3.16. The molecule has 8 nitrogen and oxygen atoms in total. The number of ether oxygens (including phenoxy) is 3. The third kappa shape index (κ3) is 6.43. The molecule has 43 heavy (non-hydrogen) atoms. The molecule has 1 N–H and O–H groups in total. The molecule has 4 aromatic rings. The molecule has 0 radical (unpaired) electrons. The molecule has 1 amide bonds. The Bertz CT molecular complexity index is 1610. The predicted molar refractivity (Wildman–Crippen MR) is 162 cm³/mol. The van der Waals surface area contributed by atoms with Crippen LogP contribution in [0.4, 0.5) is 0 Å². The zero-order valence-electron chi connectivity index (χ0n) is 24.5. The lowest BCUT2D eigenvalue weighted by Gasteiger charge is -2.25. The summed E-state index contributed by atoms with van der Waals surface area (Å²) in [6, 6.07) is 22.6. The van der Waals surface area contributed by atoms with Gasteiger partial charge in [-0.3, -0.25) is 9.59 Å². The first kappa shape index (κ1) is 29.5. The lowest BCUT2D eigenvalue weighted by molar-refractivity contribution is -0.140. The topological polar surface area (TPSA) is 98.4 Å². The van der Waals surface area contributed by atoms with E-state index >= 15 is 0 Å². The molecule has 2 heterocycles. The van der Waals surface area contributed by atoms with E-state index in [-0.39, 0.29) is 17.9 Å². The first-order valence-electron chi connectivity index (χ1n) is 14.3. The van der Waals surface area contributed by atoms with E-state index in [1.54, 1.807) is 54.6 Å². The van der Waals surface area contributed by atoms with Crippen molar-refractivity contribution in [2.24, 2.45) is 0 Å². The highest BCUT2D eigenvalue weighted by molar-refractivity contribution is 6.46. The number of ketones is 1. The number of hydrogen-bond donors (Lipinski definition) is 1. The molecule has 222 valence electrons. The second kappa shape index (κ2) is 13.3. The summed E-state index contributed by atoms with van der Waals surface area (Å²) in [5.74, 6) is 0.348. The van der Waals surface area contributed by atoms with Gasteiger partial charge in [-0.25, -0.2) is 0 Å². The van der Waals surface area contributed by atoms with Crippen LogP contribution in [0.1, 0.15) is 53.8 Å². The Morgan fingerprint density at radius 2 is 1.74 bits per heavy atom. The monoisotopic (exact) mass is 581 g/mol. The number of aliphatic hydroxyl groups excluding tert-OH is 1. The molecule has 1 fully saturated rings. The van der Waals surface area contributed by atoms with Gasteiger partial charge in [0.15, 0.2) is 11.5 Å². The highest BCUT2D eigenvalue weighted by Gasteiger charge is 2.46. The number of unbranched alkanes of at least 4 members (excludes halogenated alkanes) is 1. The van der Waals surface area contributed by atoms with Crippen LogP contribution in [0.15, 0.2) is 95.1 Å². The van der Waals surface area contributed by atoms with Crippen molar-refractivity contribution >= 4 is 17.4 Å². The maximum atomic E-state index is 13.5. The van der Waals surface area contributed by atoms with Crippen molar-refractivity contribution in [1.82, 2.24) is 4.90 Å². The van der Waals surface area contributed by atoms with Gasteiger partial charge in [0.1, 0.15) is 23.9 Å². The van der Waals surface area contributed by atoms with Crippen LogP contribution in [0.5, 0.6) is 17.2 Å². The fourth-order valence-electron chi connectivity index (χ4n) is 5.06. The van der Waals surface area contributed by atoms with E-state index in [4.69, 9.17) is 18.6 Å². The molecule has 1 unspecified atom stereocenters. The third-order valence-electron chi connectivity index (χ3n) is 7.49. The summed E-state index contributed by atoms with van der Waals surface area (Å²) >= 11 is 0. The fraction of sp³-hybridized carbons (Fsp3) is 0.257. The van der Waals surface area contributed by atoms with E-state index in [2.05, 4.69) is 6.92 Å². The molecule has 1 atom stereocenters. The minimum absolute atomic E-state index is 0.0214. The lowest BCUT2D eigenvalue weighted by atomic mass is 9.95. The van der Waals surface area contributed by atoms with Crippen LogP contribution >= 0.6 is 0 Å². The van der Waals surface area contributed by atoms with Gasteiger partial charge in [0, 0.05) is 5.56 Å². The zero-order valence-corrected chi connectivity index (χ0v) is 24.5. The number of aliphatic hydroxyl groups is 1. The summed E-state index contributed by atoms with van der Waals surface area (Å²) in [4.78, 5) is 28.3. The number of carbonyl (C=O) groups is 2. The van der Waals surface area contributed by atoms with Crippen molar-refractivity contribution in [2.75, 3.05) is 13.7 Å². The van der Waals surface area contributed by atoms with E-state index in [9.17, 15) is 14.7 Å². The predicted octanol–water partition coefficient (Wildman–Crippen LogP) is 6.98. The van der Waals surface area contributed by atoms with Crippen LogP contribution in [0, 0.1) is 6.92 Å². The van der Waals surface area contributed by atoms with Crippen molar-refractivity contribution < 1.29 is 33.3 Å². The molecule has 1 saturated heterocycles. The number of methoxy groups -OCH3 is 1. The molecule has 1 aliphatic heterocycles. The molecule has 1 aliphatic rings. The summed E-state index contributed by atoms with van der Waals surface area (Å²) in [7, 11) is 1.54. The number of likely N-dealkylation sites (tertiary alicyclic amines) is 1. The maximum absolute atomic E-state index is 13.5. The maximum Gasteiger partial charge on any atom is 0.296 e. The number of rotatable bonds is 12. The van der Waals surface area contributed by atoms with Crippen LogP contribution in [0.2, 0.25) is 0 Å². The number of benzene rings is 3. The highest BCUT2D eigenvalue weighted by atomic mass is 16.5. The van der Waals surface area contributed by atoms with Crippen LogP contribution in [-0.4, -0.2) is 35.4 Å². The standard InChI is InChI=1S/C35H35NO7/c1-4-5-18-42-29-17-14-25(20-30(29)40-3)32-31(34(38)35(39)36(32)21-28-11-8-19-41-28)33(37)24-12-15-27(16-13-24)43-22-26-10-7-6-9-23(26)2/h6-17,19-20,32,37H,4-5,18,21-22H2,1-3H3. The highest BCUT2D eigenvalue weighted by Crippen LogP contribution is 2.43. The Hall–Kier alpha value is -4.98. The number of aryl methyl sites for hydroxylation is 1. The Morgan fingerprint density at radius 3 is 2.44 bits per heavy atom. The largest absolute Gasteiger partial charge is 0.507 e. The Kier molecular flexibility index (Phi) is 9.15. The lowest BCUT2D eigenvalue weighted by Crippen LogP contribution is -2.29. The second-order valence-electron chi connectivity index (χ2n) is 10.4. The van der Waals surface area contributed by atoms with Crippen LogP contribution < -0.4 is 14.2 Å². The Labute approximate surface area is 251 Å². The molecular weight excluding hydrogens is 546 g/mol. The summed E-state index contributed by atoms with van der Waals surface area (Å²) in [6.45, 7) is 5.09. The summed E-state index contributed by atoms with van der Waals surface area (Å²) in [5, 5.41) is 11.5. The number of amides is 1. The van der Waals surface area contributed by atoms with Gasteiger partial charge in [-0.15, -0.1) is 0 Å². The molecular formula is C35H35NO7. The Morgan fingerprint density at radius 1 is 0.953 bits per heavy atom. The minimum atomic E-state index is -0.888. The van der Waals surface area contributed by atoms with Gasteiger partial charge in [-0.2, -0.15) is 0 Å². The van der Waals surface area contributed by atoms with Gasteiger partial charge in [-0.1, -0.05) is 43.7 Å². The van der Waals surface area contributed by atoms with Gasteiger partial charge >= 0.3 is 0 Å². The van der Waals surface area contributed by atoms with E-state index < -0.39 is 17.7 Å². The summed E-state index contributed by atoms with van der Waals surface area (Å²) in [6.07, 6.45) is 3.39. The molecule has 3 aromatic carbocycles. The van der Waals surface area contributed by atoms with Gasteiger partial charge < -0.3 is 28.6 Å². The molecule has 1 aromatic heterocycles. The minimum Gasteiger partial charge on any atom is -0.507 e. The average molecular weight is 582 g/mol. The van der Waals surface area contributed by atoms with Gasteiger partial charge in [0.05, 0.1) is 38.1 Å². The van der Waals surface area contributed by atoms with Crippen molar-refractivity contribution in [1.29, 1.82) is 0 Å². The number of hydrogen-bond acceptors (Lipinski definition) is 7. The fourth-order valence-corrected chi connectivity index (χ4v) is 5.06. The van der Waals surface area contributed by atoms with Crippen LogP contribution in [0.25, 0.3) is 5.76 Å². The van der Waals surface area contributed by atoms with Crippen molar-refractivity contribution in [3.8, 4) is 17.2 Å². The van der Waals surface area contributed by atoms with E-state index in [1.165, 1.54) is 18.3 Å². The van der Waals surface area contributed by atoms with Crippen LogP contribution in [0.3, 0.4) is 0 Å². The average Bonchev–Trinajstić information content (AvgIpc) is 3.63. The molecule has 0 aliphatic carbocycles. The van der Waals surface area contributed by atoms with E-state index in [1.807, 2.05) is 31.2 Å². The third-order valence-corrected chi connectivity index (χ3v) is 7.49. The quantitative estimate of drug-likeness (QED) is 0.0834. The van der Waals surface area contributed by atoms with Gasteiger partial charge in [0.25, 0.3) is 11.7 Å². The van der Waals surface area contributed by atoms with E-state index in [0.29, 0.717) is 47.3 Å². The SMILES string of the molecule is CCCCOc1ccc(C2C(=C(O)c3ccc(OCc4ccccc4C)cc3)C(=O)C(=O)N2Cc2ccco2)cc1OC. The van der Waals surface area contributed by atoms with Crippen molar-refractivity contribution in [3.63, 3.8) is 0 Å². The molecule has 0 bridgehead atoms. The number of Topliss-reactive ketones (excluding diaryl/α,β-unsaturated/α-hetero) is 1. The number of carbonyl (C=O) groups excluding carboxylic acids is 2. The zero-order chi connectivity index (χ0) is 30.3. The first-order valence-corrected chi connectivity index (χ1v) is 14.3. The normalized spacial score (nSPS) is 16.0. The van der Waals surface area contributed by atoms with Crippen LogP contribution in [-0.2, 0) is 22.7 Å². The smallest absolute Gasteiger partial charge is 0.296 e. The van der Waals surface area contributed by atoms with Crippen molar-refractivity contribution in [2.45, 2.75) is 45.9 Å². The summed E-state index contributed by atoms with van der Waals surface area (Å²) < 4.78 is 22.9. The molecule has 0 spiro atoms. The van der Waals surface area contributed by atoms with E-state index in [0.717, 1.165) is 24.0 Å². The Balaban J connectivity index is 1.49. The van der Waals surface area contributed by atoms with Gasteiger partial charge in [0.2, 0.25) is 0 Å². The second-order valence-corrected chi connectivity index (χ2v) is 10.4. The van der Waals surface area contributed by atoms with Gasteiger partial charge in [-0.05, 0) is 78.6 Å². The molecule has 8 heteroatoms. The number of furan rings is 1. The van der Waals surface area contributed by atoms with Crippen molar-refractivity contribution in [3.05, 3.63) is 119 Å².